The molecule has 2 fully saturated rings. The van der Waals surface area contributed by atoms with Gasteiger partial charge in [0.05, 0.1) is 0 Å². The minimum atomic E-state index is 1.02. The highest BCUT2D eigenvalue weighted by Gasteiger charge is 2.19. The standard InChI is InChI=1S/C16H30/c1-14-10-12-16(13-11-14)9-5-8-15-6-3-2-4-7-15/h14-16H,2-13H2,1H3. The Hall–Kier alpha value is 0. The van der Waals surface area contributed by atoms with Crippen LogP contribution in [0.25, 0.3) is 0 Å². The lowest BCUT2D eigenvalue weighted by atomic mass is 9.79. The second-order valence-corrected chi connectivity index (χ2v) is 6.56. The lowest BCUT2D eigenvalue weighted by Gasteiger charge is -2.27. The van der Waals surface area contributed by atoms with Crippen molar-refractivity contribution in [3.8, 4) is 0 Å². The lowest BCUT2D eigenvalue weighted by molar-refractivity contribution is 0.258. The molecule has 0 spiro atoms. The van der Waals surface area contributed by atoms with Crippen molar-refractivity contribution < 1.29 is 0 Å². The topological polar surface area (TPSA) is 0 Å². The van der Waals surface area contributed by atoms with Gasteiger partial charge in [0.15, 0.2) is 0 Å². The summed E-state index contributed by atoms with van der Waals surface area (Å²) in [7, 11) is 0. The third-order valence-electron chi connectivity index (χ3n) is 5.08. The normalized spacial score (nSPS) is 32.8. The largest absolute Gasteiger partial charge is 0.0625 e. The van der Waals surface area contributed by atoms with Crippen LogP contribution in [-0.4, -0.2) is 0 Å². The van der Waals surface area contributed by atoms with Crippen LogP contribution in [0.2, 0.25) is 0 Å². The smallest absolute Gasteiger partial charge is 0.0414 e. The van der Waals surface area contributed by atoms with Gasteiger partial charge in [0, 0.05) is 0 Å². The maximum absolute atomic E-state index is 2.43. The fourth-order valence-electron chi connectivity index (χ4n) is 3.79. The van der Waals surface area contributed by atoms with Gasteiger partial charge in [-0.3, -0.25) is 0 Å². The van der Waals surface area contributed by atoms with Gasteiger partial charge >= 0.3 is 0 Å². The average Bonchev–Trinajstić information content (AvgIpc) is 2.33. The molecule has 2 rings (SSSR count). The van der Waals surface area contributed by atoms with Gasteiger partial charge in [0.1, 0.15) is 0 Å². The molecule has 94 valence electrons. The van der Waals surface area contributed by atoms with Gasteiger partial charge in [-0.25, -0.2) is 0 Å². The minimum absolute atomic E-state index is 1.02. The molecule has 0 heteroatoms. The van der Waals surface area contributed by atoms with E-state index in [1.807, 2.05) is 0 Å². The zero-order valence-electron chi connectivity index (χ0n) is 11.2. The van der Waals surface area contributed by atoms with E-state index in [9.17, 15) is 0 Å². The molecule has 0 saturated heterocycles. The van der Waals surface area contributed by atoms with Gasteiger partial charge in [-0.05, 0) is 17.8 Å². The van der Waals surface area contributed by atoms with E-state index in [4.69, 9.17) is 0 Å². The van der Waals surface area contributed by atoms with E-state index in [0.717, 1.165) is 17.8 Å². The summed E-state index contributed by atoms with van der Waals surface area (Å²) >= 11 is 0. The fraction of sp³-hybridized carbons (Fsp3) is 1.00. The second-order valence-electron chi connectivity index (χ2n) is 6.56. The van der Waals surface area contributed by atoms with E-state index in [1.54, 1.807) is 25.7 Å². The summed E-state index contributed by atoms with van der Waals surface area (Å²) < 4.78 is 0. The first-order chi connectivity index (χ1) is 7.84. The highest BCUT2D eigenvalue weighted by molar-refractivity contribution is 4.71. The molecule has 0 aromatic rings. The van der Waals surface area contributed by atoms with Crippen LogP contribution >= 0.6 is 0 Å². The van der Waals surface area contributed by atoms with Gasteiger partial charge in [-0.1, -0.05) is 84.0 Å². The van der Waals surface area contributed by atoms with Crippen molar-refractivity contribution in [3.05, 3.63) is 0 Å². The van der Waals surface area contributed by atoms with Crippen LogP contribution in [0.5, 0.6) is 0 Å². The Kier molecular flexibility index (Phi) is 5.19. The molecule has 2 aliphatic carbocycles. The predicted octanol–water partition coefficient (Wildman–Crippen LogP) is 5.56. The third-order valence-corrected chi connectivity index (χ3v) is 5.08. The van der Waals surface area contributed by atoms with E-state index in [2.05, 4.69) is 6.92 Å². The zero-order valence-corrected chi connectivity index (χ0v) is 11.2. The predicted molar refractivity (Wildman–Crippen MR) is 71.5 cm³/mol. The van der Waals surface area contributed by atoms with E-state index < -0.39 is 0 Å². The van der Waals surface area contributed by atoms with Crippen LogP contribution in [0.3, 0.4) is 0 Å². The van der Waals surface area contributed by atoms with E-state index in [1.165, 1.54) is 51.4 Å². The van der Waals surface area contributed by atoms with Gasteiger partial charge in [-0.2, -0.15) is 0 Å². The molecule has 0 aromatic heterocycles. The third kappa shape index (κ3) is 4.11. The Labute approximate surface area is 102 Å². The SMILES string of the molecule is CC1CCC(CCCC2CCCCC2)CC1. The Morgan fingerprint density at radius 1 is 0.688 bits per heavy atom. The average molecular weight is 222 g/mol. The molecule has 0 aromatic carbocycles. The van der Waals surface area contributed by atoms with Crippen molar-refractivity contribution in [1.29, 1.82) is 0 Å². The van der Waals surface area contributed by atoms with Gasteiger partial charge in [-0.15, -0.1) is 0 Å². The number of hydrogen-bond acceptors (Lipinski definition) is 0. The van der Waals surface area contributed by atoms with Crippen molar-refractivity contribution in [2.24, 2.45) is 17.8 Å². The summed E-state index contributed by atoms with van der Waals surface area (Å²) in [6, 6.07) is 0. The molecule has 0 nitrogen and oxygen atoms in total. The molecule has 0 aliphatic heterocycles. The Morgan fingerprint density at radius 3 is 1.88 bits per heavy atom. The Bertz CT molecular complexity index is 170. The van der Waals surface area contributed by atoms with Gasteiger partial charge < -0.3 is 0 Å². The van der Waals surface area contributed by atoms with Crippen molar-refractivity contribution in [2.75, 3.05) is 0 Å². The van der Waals surface area contributed by atoms with Crippen molar-refractivity contribution in [1.82, 2.24) is 0 Å². The molecule has 16 heavy (non-hydrogen) atoms. The molecule has 0 atom stereocenters. The first kappa shape index (κ1) is 12.5. The Morgan fingerprint density at radius 2 is 1.25 bits per heavy atom. The molecule has 0 radical (unpaired) electrons. The minimum Gasteiger partial charge on any atom is -0.0625 e. The first-order valence-electron chi connectivity index (χ1n) is 7.84. The summed E-state index contributed by atoms with van der Waals surface area (Å²) in [6.45, 7) is 2.43. The summed E-state index contributed by atoms with van der Waals surface area (Å²) in [6.07, 6.45) is 18.3. The molecule has 2 saturated carbocycles. The van der Waals surface area contributed by atoms with Crippen LogP contribution in [0.15, 0.2) is 0 Å². The Balaban J connectivity index is 1.53. The monoisotopic (exact) mass is 222 g/mol. The van der Waals surface area contributed by atoms with Gasteiger partial charge in [0.25, 0.3) is 0 Å². The molecule has 0 bridgehead atoms. The van der Waals surface area contributed by atoms with Crippen LogP contribution in [0.1, 0.15) is 84.0 Å². The highest BCUT2D eigenvalue weighted by Crippen LogP contribution is 2.33. The van der Waals surface area contributed by atoms with Crippen LogP contribution in [0, 0.1) is 17.8 Å². The molecule has 0 heterocycles. The van der Waals surface area contributed by atoms with Gasteiger partial charge in [0.2, 0.25) is 0 Å². The van der Waals surface area contributed by atoms with E-state index in [-0.39, 0.29) is 0 Å². The van der Waals surface area contributed by atoms with Crippen molar-refractivity contribution in [3.63, 3.8) is 0 Å². The zero-order chi connectivity index (χ0) is 11.2. The van der Waals surface area contributed by atoms with Crippen molar-refractivity contribution in [2.45, 2.75) is 84.0 Å². The van der Waals surface area contributed by atoms with Crippen LogP contribution in [-0.2, 0) is 0 Å². The molecule has 2 aliphatic rings. The maximum Gasteiger partial charge on any atom is -0.0414 e. The first-order valence-corrected chi connectivity index (χ1v) is 7.84. The fourth-order valence-corrected chi connectivity index (χ4v) is 3.79. The number of hydrogen-bond donors (Lipinski definition) is 0. The summed E-state index contributed by atoms with van der Waals surface area (Å²) in [4.78, 5) is 0. The maximum atomic E-state index is 2.43. The summed E-state index contributed by atoms with van der Waals surface area (Å²) in [5, 5.41) is 0. The molecule has 0 amide bonds. The molecule has 0 unspecified atom stereocenters. The quantitative estimate of drug-likeness (QED) is 0.584. The van der Waals surface area contributed by atoms with Crippen molar-refractivity contribution >= 4 is 0 Å². The molecular formula is C16H30. The second kappa shape index (κ2) is 6.67. The summed E-state index contributed by atoms with van der Waals surface area (Å²) in [5.41, 5.74) is 0. The molecular weight excluding hydrogens is 192 g/mol. The molecule has 0 N–H and O–H groups in total. The van der Waals surface area contributed by atoms with E-state index in [0.29, 0.717) is 0 Å². The van der Waals surface area contributed by atoms with Crippen LogP contribution in [0.4, 0.5) is 0 Å². The van der Waals surface area contributed by atoms with Crippen LogP contribution < -0.4 is 0 Å². The lowest BCUT2D eigenvalue weighted by Crippen LogP contribution is -2.13. The van der Waals surface area contributed by atoms with E-state index >= 15 is 0 Å². The number of rotatable bonds is 4. The highest BCUT2D eigenvalue weighted by atomic mass is 14.2. The summed E-state index contributed by atoms with van der Waals surface area (Å²) in [5.74, 6) is 3.23.